The Morgan fingerprint density at radius 1 is 1.17 bits per heavy atom. The zero-order valence-electron chi connectivity index (χ0n) is 10.4. The summed E-state index contributed by atoms with van der Waals surface area (Å²) in [6.07, 6.45) is 0. The summed E-state index contributed by atoms with van der Waals surface area (Å²) in [5.41, 5.74) is 3.26. The van der Waals surface area contributed by atoms with Crippen LogP contribution in [0.3, 0.4) is 0 Å². The van der Waals surface area contributed by atoms with Gasteiger partial charge in [0, 0.05) is 18.7 Å². The summed E-state index contributed by atoms with van der Waals surface area (Å²) in [4.78, 5) is 0. The van der Waals surface area contributed by atoms with Gasteiger partial charge in [0.2, 0.25) is 0 Å². The van der Waals surface area contributed by atoms with Gasteiger partial charge in [-0.15, -0.1) is 10.2 Å². The van der Waals surface area contributed by atoms with Gasteiger partial charge in [-0.2, -0.15) is 0 Å². The van der Waals surface area contributed by atoms with Crippen molar-refractivity contribution in [3.05, 3.63) is 42.0 Å². The van der Waals surface area contributed by atoms with E-state index in [1.807, 2.05) is 18.2 Å². The van der Waals surface area contributed by atoms with Crippen LogP contribution in [0.1, 0.15) is 5.56 Å². The highest BCUT2D eigenvalue weighted by atomic mass is 15.2. The molecule has 4 heteroatoms. The number of anilines is 1. The van der Waals surface area contributed by atoms with E-state index in [4.69, 9.17) is 0 Å². The van der Waals surface area contributed by atoms with Gasteiger partial charge in [0.1, 0.15) is 5.82 Å². The third kappa shape index (κ3) is 2.33. The molecule has 2 aromatic rings. The van der Waals surface area contributed by atoms with E-state index in [0.717, 1.165) is 30.2 Å². The molecular weight excluding hydrogens is 224 g/mol. The van der Waals surface area contributed by atoms with Crippen molar-refractivity contribution in [2.75, 3.05) is 18.4 Å². The van der Waals surface area contributed by atoms with E-state index in [1.165, 1.54) is 5.56 Å². The average Bonchev–Trinajstić information content (AvgIpc) is 2.35. The second-order valence-electron chi connectivity index (χ2n) is 4.67. The summed E-state index contributed by atoms with van der Waals surface area (Å²) in [6.45, 7) is 4.08. The maximum atomic E-state index is 4.27. The lowest BCUT2D eigenvalue weighted by Gasteiger charge is -2.28. The molecule has 0 atom stereocenters. The summed E-state index contributed by atoms with van der Waals surface area (Å²) in [5, 5.41) is 15.0. The van der Waals surface area contributed by atoms with Crippen molar-refractivity contribution in [2.45, 2.75) is 13.0 Å². The molecule has 3 rings (SSSR count). The van der Waals surface area contributed by atoms with Gasteiger partial charge in [-0.1, -0.05) is 23.8 Å². The van der Waals surface area contributed by atoms with Crippen LogP contribution in [0.25, 0.3) is 11.3 Å². The summed E-state index contributed by atoms with van der Waals surface area (Å²) >= 11 is 0. The van der Waals surface area contributed by atoms with Crippen molar-refractivity contribution < 1.29 is 0 Å². The van der Waals surface area contributed by atoms with E-state index in [2.05, 4.69) is 46.0 Å². The number of hydrogen-bond donors (Lipinski definition) is 2. The first kappa shape index (κ1) is 11.2. The van der Waals surface area contributed by atoms with Gasteiger partial charge in [-0.25, -0.2) is 0 Å². The molecule has 0 bridgehead atoms. The van der Waals surface area contributed by atoms with Crippen LogP contribution < -0.4 is 10.6 Å². The number of nitrogens with zero attached hydrogens (tertiary/aromatic N) is 2. The Morgan fingerprint density at radius 3 is 2.67 bits per heavy atom. The first-order valence-electron chi connectivity index (χ1n) is 6.19. The molecule has 1 saturated heterocycles. The molecule has 1 aliphatic heterocycles. The molecule has 92 valence electrons. The minimum absolute atomic E-state index is 0.490. The molecule has 0 aliphatic carbocycles. The Labute approximate surface area is 106 Å². The quantitative estimate of drug-likeness (QED) is 0.859. The molecule has 2 N–H and O–H groups in total. The fourth-order valence-corrected chi connectivity index (χ4v) is 1.97. The largest absolute Gasteiger partial charge is 0.363 e. The third-order valence-electron chi connectivity index (χ3n) is 3.11. The second kappa shape index (κ2) is 4.74. The van der Waals surface area contributed by atoms with E-state index in [1.54, 1.807) is 0 Å². The molecular formula is C14H16N4. The minimum atomic E-state index is 0.490. The minimum Gasteiger partial charge on any atom is -0.363 e. The SMILES string of the molecule is Cc1cccc(-c2ccc(NC3CNC3)nn2)c1. The van der Waals surface area contributed by atoms with Crippen LogP contribution in [-0.4, -0.2) is 29.3 Å². The van der Waals surface area contributed by atoms with Crippen LogP contribution in [0.5, 0.6) is 0 Å². The molecule has 1 aliphatic rings. The van der Waals surface area contributed by atoms with Gasteiger partial charge in [-0.3, -0.25) is 0 Å². The molecule has 18 heavy (non-hydrogen) atoms. The fourth-order valence-electron chi connectivity index (χ4n) is 1.97. The lowest BCUT2D eigenvalue weighted by Crippen LogP contribution is -2.51. The summed E-state index contributed by atoms with van der Waals surface area (Å²) < 4.78 is 0. The molecule has 0 radical (unpaired) electrons. The fraction of sp³-hybridized carbons (Fsp3) is 0.286. The van der Waals surface area contributed by atoms with E-state index in [-0.39, 0.29) is 0 Å². The highest BCUT2D eigenvalue weighted by molar-refractivity contribution is 5.60. The molecule has 0 spiro atoms. The molecule has 0 unspecified atom stereocenters. The summed E-state index contributed by atoms with van der Waals surface area (Å²) in [7, 11) is 0. The van der Waals surface area contributed by atoms with Gasteiger partial charge in [0.15, 0.2) is 0 Å². The third-order valence-corrected chi connectivity index (χ3v) is 3.11. The van der Waals surface area contributed by atoms with Crippen LogP contribution in [0, 0.1) is 6.92 Å². The van der Waals surface area contributed by atoms with Crippen molar-refractivity contribution in [3.8, 4) is 11.3 Å². The smallest absolute Gasteiger partial charge is 0.148 e. The number of hydrogen-bond acceptors (Lipinski definition) is 4. The van der Waals surface area contributed by atoms with Crippen molar-refractivity contribution in [3.63, 3.8) is 0 Å². The van der Waals surface area contributed by atoms with Crippen LogP contribution in [-0.2, 0) is 0 Å². The number of rotatable bonds is 3. The monoisotopic (exact) mass is 240 g/mol. The van der Waals surface area contributed by atoms with Gasteiger partial charge in [-0.05, 0) is 25.1 Å². The zero-order valence-corrected chi connectivity index (χ0v) is 10.4. The van der Waals surface area contributed by atoms with Crippen molar-refractivity contribution in [1.82, 2.24) is 15.5 Å². The van der Waals surface area contributed by atoms with Gasteiger partial charge >= 0.3 is 0 Å². The Hall–Kier alpha value is -1.94. The Morgan fingerprint density at radius 2 is 2.06 bits per heavy atom. The molecule has 2 heterocycles. The first-order chi connectivity index (χ1) is 8.81. The average molecular weight is 240 g/mol. The Bertz CT molecular complexity index is 532. The standard InChI is InChI=1S/C14H16N4/c1-10-3-2-4-11(7-10)13-5-6-14(18-17-13)16-12-8-15-9-12/h2-7,12,15H,8-9H2,1H3,(H,16,18). The molecule has 1 aromatic heterocycles. The Balaban J connectivity index is 1.77. The maximum Gasteiger partial charge on any atom is 0.148 e. The first-order valence-corrected chi connectivity index (χ1v) is 6.19. The Kier molecular flexibility index (Phi) is 2.94. The molecule has 1 aromatic carbocycles. The van der Waals surface area contributed by atoms with Crippen LogP contribution in [0.2, 0.25) is 0 Å². The van der Waals surface area contributed by atoms with E-state index < -0.39 is 0 Å². The number of benzene rings is 1. The molecule has 1 fully saturated rings. The van der Waals surface area contributed by atoms with Crippen LogP contribution in [0.4, 0.5) is 5.82 Å². The zero-order chi connectivity index (χ0) is 12.4. The van der Waals surface area contributed by atoms with Crippen LogP contribution in [0.15, 0.2) is 36.4 Å². The molecule has 0 amide bonds. The van der Waals surface area contributed by atoms with E-state index >= 15 is 0 Å². The predicted octanol–water partition coefficient (Wildman–Crippen LogP) is 1.84. The van der Waals surface area contributed by atoms with Crippen molar-refractivity contribution >= 4 is 5.82 Å². The maximum absolute atomic E-state index is 4.27. The normalized spacial score (nSPS) is 15.2. The molecule has 0 saturated carbocycles. The number of nitrogens with one attached hydrogen (secondary N) is 2. The van der Waals surface area contributed by atoms with Crippen LogP contribution >= 0.6 is 0 Å². The highest BCUT2D eigenvalue weighted by Gasteiger charge is 2.16. The predicted molar refractivity (Wildman–Crippen MR) is 72.5 cm³/mol. The molecule has 4 nitrogen and oxygen atoms in total. The number of aromatic nitrogens is 2. The number of aryl methyl sites for hydroxylation is 1. The van der Waals surface area contributed by atoms with Crippen molar-refractivity contribution in [2.24, 2.45) is 0 Å². The summed E-state index contributed by atoms with van der Waals surface area (Å²) in [6, 6.07) is 12.8. The van der Waals surface area contributed by atoms with E-state index in [9.17, 15) is 0 Å². The second-order valence-corrected chi connectivity index (χ2v) is 4.67. The summed E-state index contributed by atoms with van der Waals surface area (Å²) in [5.74, 6) is 0.845. The topological polar surface area (TPSA) is 49.8 Å². The lowest BCUT2D eigenvalue weighted by molar-refractivity contribution is 0.470. The van der Waals surface area contributed by atoms with Gasteiger partial charge < -0.3 is 10.6 Å². The van der Waals surface area contributed by atoms with Gasteiger partial charge in [0.25, 0.3) is 0 Å². The van der Waals surface area contributed by atoms with Gasteiger partial charge in [0.05, 0.1) is 11.7 Å². The van der Waals surface area contributed by atoms with E-state index in [0.29, 0.717) is 6.04 Å². The van der Waals surface area contributed by atoms with Crippen molar-refractivity contribution in [1.29, 1.82) is 0 Å². The lowest BCUT2D eigenvalue weighted by atomic mass is 10.1. The highest BCUT2D eigenvalue weighted by Crippen LogP contribution is 2.18.